The maximum atomic E-state index is 12.6. The van der Waals surface area contributed by atoms with Gasteiger partial charge in [0.05, 0.1) is 84.6 Å². The van der Waals surface area contributed by atoms with Gasteiger partial charge in [-0.25, -0.2) is 18.6 Å². The van der Waals surface area contributed by atoms with Gasteiger partial charge in [-0.3, -0.25) is 23.2 Å². The molecule has 0 spiro atoms. The van der Waals surface area contributed by atoms with Gasteiger partial charge in [-0.05, 0) is 55.4 Å². The van der Waals surface area contributed by atoms with E-state index >= 15 is 0 Å². The van der Waals surface area contributed by atoms with Crippen molar-refractivity contribution in [1.29, 1.82) is 0 Å². The Morgan fingerprint density at radius 1 is 0.536 bits per heavy atom. The summed E-state index contributed by atoms with van der Waals surface area (Å²) in [5.74, 6) is 1.22. The van der Waals surface area contributed by atoms with Crippen molar-refractivity contribution in [2.24, 2.45) is 0 Å². The van der Waals surface area contributed by atoms with Crippen molar-refractivity contribution in [2.45, 2.75) is 55.4 Å². The van der Waals surface area contributed by atoms with Crippen LogP contribution in [0.25, 0.3) is 0 Å². The van der Waals surface area contributed by atoms with Gasteiger partial charge in [0, 0.05) is 52.8 Å². The van der Waals surface area contributed by atoms with Crippen LogP contribution in [0.4, 0.5) is 0 Å². The first-order valence-electron chi connectivity index (χ1n) is 17.9. The van der Waals surface area contributed by atoms with Crippen molar-refractivity contribution in [3.05, 3.63) is 12.4 Å². The molecule has 0 aliphatic rings. The van der Waals surface area contributed by atoms with Crippen molar-refractivity contribution in [3.8, 4) is 0 Å². The molecule has 0 aromatic carbocycles. The summed E-state index contributed by atoms with van der Waals surface area (Å²) in [7, 11) is -13.7. The fourth-order valence-electron chi connectivity index (χ4n) is 3.78. The Morgan fingerprint density at radius 2 is 0.839 bits per heavy atom. The molecule has 336 valence electrons. The van der Waals surface area contributed by atoms with E-state index in [1.54, 1.807) is 55.8 Å². The summed E-state index contributed by atoms with van der Waals surface area (Å²) < 4.78 is 134. The van der Waals surface area contributed by atoms with Crippen molar-refractivity contribution >= 4 is 30.4 Å². The second kappa shape index (κ2) is 41.3. The van der Waals surface area contributed by atoms with E-state index in [0.29, 0.717) is 98.4 Å². The van der Waals surface area contributed by atoms with Crippen LogP contribution in [-0.4, -0.2) is 136 Å². The van der Waals surface area contributed by atoms with Gasteiger partial charge in [0.2, 0.25) is 0 Å². The molecular formula is C30H70ClLiN2O18P4. The number of hydrogen-bond acceptors (Lipinski definition) is 20. The Balaban J connectivity index is -0.000000236. The largest absolute Gasteiger partial charge is 1.00 e. The average Bonchev–Trinajstić information content (AvgIpc) is 3.09. The zero-order valence-electron chi connectivity index (χ0n) is 35.5. The molecule has 26 heteroatoms. The first kappa shape index (κ1) is 66.0. The average molecular weight is 913 g/mol. The molecule has 0 unspecified atom stereocenters. The minimum Gasteiger partial charge on any atom is -0.383 e. The molecule has 0 aliphatic heterocycles. The van der Waals surface area contributed by atoms with Crippen LogP contribution in [0, 0.1) is 10.2 Å². The summed E-state index contributed by atoms with van der Waals surface area (Å²) in [5.41, 5.74) is 0. The van der Waals surface area contributed by atoms with Gasteiger partial charge in [-0.15, -0.1) is 10.2 Å². The van der Waals surface area contributed by atoms with Crippen LogP contribution >= 0.6 is 30.4 Å². The van der Waals surface area contributed by atoms with E-state index in [1.807, 2.05) is 18.7 Å². The first-order valence-corrected chi connectivity index (χ1v) is 26.0. The van der Waals surface area contributed by atoms with E-state index in [-0.39, 0.29) is 31.2 Å². The molecule has 0 saturated heterocycles. The number of halogens is 1. The smallest absolute Gasteiger partial charge is 0.383 e. The second-order valence-corrected chi connectivity index (χ2v) is 19.3. The fourth-order valence-corrected chi connectivity index (χ4v) is 9.63. The van der Waals surface area contributed by atoms with E-state index in [2.05, 4.69) is 11.9 Å². The molecule has 0 aliphatic carbocycles. The van der Waals surface area contributed by atoms with Crippen LogP contribution < -0.4 is 42.8 Å². The predicted octanol–water partition coefficient (Wildman–Crippen LogP) is -0.400. The second-order valence-electron chi connectivity index (χ2n) is 10.0. The minimum atomic E-state index is -4.94. The normalized spacial score (nSPS) is 12.1. The van der Waals surface area contributed by atoms with Crippen molar-refractivity contribution in [1.82, 2.24) is 10.2 Å². The van der Waals surface area contributed by atoms with E-state index in [0.717, 1.165) is 6.54 Å². The zero-order chi connectivity index (χ0) is 43.3. The molecule has 56 heavy (non-hydrogen) atoms. The third-order valence-electron chi connectivity index (χ3n) is 5.83. The zero-order valence-corrected chi connectivity index (χ0v) is 39.8. The van der Waals surface area contributed by atoms with Crippen LogP contribution in [0.5, 0.6) is 0 Å². The van der Waals surface area contributed by atoms with Gasteiger partial charge in [0.25, 0.3) is 0 Å². The standard InChI is InChI=1S/C15H35NO7P2.C9H22NO4P.C6H13O3P.ClHO4.Li/c1-6-20-24(17,21-7-2)14-11-16(10-13-19-5)12-15-25(18,22-8-3)23-9-4;1-4-13-15(11,14-5-2)9-7-10-6-8-12-3;1-4-8-10(7,6-3)9-5-2;2-1(3,4)5;/h6-15H2,1-5H3;10H,4-9H2,1-3H3;6H,3-5H2,1-2H3;(H,2,3,4,5);/q;;;;+1/p-1. The summed E-state index contributed by atoms with van der Waals surface area (Å²) in [6.07, 6.45) is 0.941. The molecule has 0 fully saturated rings. The molecule has 0 saturated carbocycles. The van der Waals surface area contributed by atoms with E-state index in [1.165, 1.54) is 5.82 Å². The van der Waals surface area contributed by atoms with Crippen LogP contribution in [0.3, 0.4) is 0 Å². The molecule has 0 aromatic rings. The summed E-state index contributed by atoms with van der Waals surface area (Å²) in [6.45, 7) is 24.7. The SMILES string of the molecule is C=CP(=O)(OCC)OCC.CCOP(=O)(CCN(CCOC)CCP(=O)(OCC)OCC)OCC.CCOP(=O)(CCNCCOC)OCC.[Li+].[O-][Cl+3]([O-])([O-])[O-]. The van der Waals surface area contributed by atoms with Gasteiger partial charge < -0.3 is 51.0 Å². The molecule has 1 N–H and O–H groups in total. The minimum absolute atomic E-state index is 0. The molecule has 0 bridgehead atoms. The van der Waals surface area contributed by atoms with Gasteiger partial charge in [-0.2, -0.15) is 0 Å². The van der Waals surface area contributed by atoms with Gasteiger partial charge in [-0.1, -0.05) is 6.58 Å². The van der Waals surface area contributed by atoms with E-state index in [4.69, 9.17) is 64.3 Å². The third-order valence-corrected chi connectivity index (χ3v) is 13.7. The molecular weight excluding hydrogens is 843 g/mol. The summed E-state index contributed by atoms with van der Waals surface area (Å²) in [5, 5.41) is 3.10. The van der Waals surface area contributed by atoms with Crippen molar-refractivity contribution < 1.29 is 112 Å². The Labute approximate surface area is 350 Å². The van der Waals surface area contributed by atoms with Gasteiger partial charge in [0.1, 0.15) is 0 Å². The summed E-state index contributed by atoms with van der Waals surface area (Å²) in [6, 6.07) is 0. The van der Waals surface area contributed by atoms with Gasteiger partial charge in [0.15, 0.2) is 0 Å². The maximum absolute atomic E-state index is 12.6. The maximum Gasteiger partial charge on any atom is 1.00 e. The van der Waals surface area contributed by atoms with Crippen LogP contribution in [0.15, 0.2) is 12.4 Å². The molecule has 0 aromatic heterocycles. The number of rotatable bonds is 32. The number of hydrogen-bond donors (Lipinski definition) is 1. The molecule has 0 heterocycles. The van der Waals surface area contributed by atoms with Gasteiger partial charge >= 0.3 is 49.2 Å². The molecule has 0 amide bonds. The first-order chi connectivity index (χ1) is 25.7. The third kappa shape index (κ3) is 44.5. The quantitative estimate of drug-likeness (QED) is 0.0511. The molecule has 0 radical (unpaired) electrons. The molecule has 0 atom stereocenters. The Bertz CT molecular complexity index is 1000. The van der Waals surface area contributed by atoms with E-state index < -0.39 is 40.6 Å². The number of nitrogens with one attached hydrogen (secondary N) is 1. The molecule has 20 nitrogen and oxygen atoms in total. The number of ether oxygens (including phenoxy) is 2. The predicted molar refractivity (Wildman–Crippen MR) is 201 cm³/mol. The van der Waals surface area contributed by atoms with Crippen molar-refractivity contribution in [2.75, 3.05) is 131 Å². The van der Waals surface area contributed by atoms with Crippen LogP contribution in [-0.2, 0) is 63.9 Å². The Morgan fingerprint density at radius 3 is 1.11 bits per heavy atom. The number of nitrogens with zero attached hydrogens (tertiary/aromatic N) is 1. The topological polar surface area (TPSA) is 268 Å². The monoisotopic (exact) mass is 912 g/mol. The van der Waals surface area contributed by atoms with E-state index in [9.17, 15) is 18.3 Å². The van der Waals surface area contributed by atoms with Crippen LogP contribution in [0.2, 0.25) is 0 Å². The van der Waals surface area contributed by atoms with Crippen LogP contribution in [0.1, 0.15) is 55.4 Å². The number of methoxy groups -OCH3 is 2. The Kier molecular flexibility index (Phi) is 48.7. The summed E-state index contributed by atoms with van der Waals surface area (Å²) >= 11 is 0. The Hall–Kier alpha value is 0.907. The fraction of sp³-hybridized carbons (Fsp3) is 0.933. The molecule has 0 rings (SSSR count). The summed E-state index contributed by atoms with van der Waals surface area (Å²) in [4.78, 5) is 2.01. The van der Waals surface area contributed by atoms with Crippen molar-refractivity contribution in [3.63, 3.8) is 0 Å².